The second-order valence-electron chi connectivity index (χ2n) is 8.53. The van der Waals surface area contributed by atoms with Crippen LogP contribution in [0.3, 0.4) is 0 Å². The summed E-state index contributed by atoms with van der Waals surface area (Å²) in [4.78, 5) is 0. The summed E-state index contributed by atoms with van der Waals surface area (Å²) in [6.45, 7) is 0. The van der Waals surface area contributed by atoms with Crippen molar-refractivity contribution in [3.8, 4) is 28.7 Å². The van der Waals surface area contributed by atoms with Gasteiger partial charge in [0.25, 0.3) is 0 Å². The van der Waals surface area contributed by atoms with Gasteiger partial charge in [-0.15, -0.1) is 45.7 Å². The SMILES string of the molecule is COc1cc(/C=C/C(=N\N=C(\N)S)C(=Cc2ccccc2O)C(/C=C/c2ccc(O)c(OC)c2)=N/N=C(/N)S)ccc1O.[Cu+2]. The molecular weight excluding hydrogens is 652 g/mol. The van der Waals surface area contributed by atoms with Gasteiger partial charge in [0, 0.05) is 11.1 Å². The first-order chi connectivity index (χ1) is 20.6. The number of hydrogen-bond acceptors (Lipinski definition) is 9. The van der Waals surface area contributed by atoms with Crippen LogP contribution in [-0.4, -0.2) is 51.3 Å². The molecule has 0 heterocycles. The van der Waals surface area contributed by atoms with E-state index >= 15 is 0 Å². The number of hydrogen-bond donors (Lipinski definition) is 7. The molecule has 3 rings (SSSR count). The van der Waals surface area contributed by atoms with E-state index < -0.39 is 0 Å². The number of ether oxygens (including phenoxy) is 2. The Balaban J connectivity index is 0.00000675. The van der Waals surface area contributed by atoms with Crippen LogP contribution in [0.2, 0.25) is 0 Å². The zero-order valence-corrected chi connectivity index (χ0v) is 26.2. The maximum absolute atomic E-state index is 10.6. The van der Waals surface area contributed by atoms with Crippen molar-refractivity contribution >= 4 is 65.2 Å². The van der Waals surface area contributed by atoms with Crippen LogP contribution in [0.15, 0.2) is 98.8 Å². The van der Waals surface area contributed by atoms with Crippen molar-refractivity contribution in [2.45, 2.75) is 0 Å². The quantitative estimate of drug-likeness (QED) is 0.0498. The van der Waals surface area contributed by atoms with Crippen LogP contribution in [0.25, 0.3) is 18.2 Å². The molecule has 3 aromatic carbocycles. The molecular formula is C30H30CuN6O5S2+2. The summed E-state index contributed by atoms with van der Waals surface area (Å²) in [6, 6.07) is 16.2. The van der Waals surface area contributed by atoms with Crippen molar-refractivity contribution in [1.82, 2.24) is 0 Å². The average Bonchev–Trinajstić information content (AvgIpc) is 2.98. The number of methoxy groups -OCH3 is 2. The van der Waals surface area contributed by atoms with E-state index in [4.69, 9.17) is 20.9 Å². The minimum atomic E-state index is -0.109. The van der Waals surface area contributed by atoms with Crippen molar-refractivity contribution in [3.05, 3.63) is 95.1 Å². The number of thiol groups is 2. The smallest absolute Gasteiger partial charge is 0.507 e. The van der Waals surface area contributed by atoms with Gasteiger partial charge < -0.3 is 36.3 Å². The molecule has 0 spiro atoms. The third-order valence-electron chi connectivity index (χ3n) is 5.58. The molecule has 0 aliphatic heterocycles. The van der Waals surface area contributed by atoms with Gasteiger partial charge in [-0.1, -0.05) is 42.5 Å². The summed E-state index contributed by atoms with van der Waals surface area (Å²) in [5.41, 5.74) is 13.9. The van der Waals surface area contributed by atoms with E-state index in [0.717, 1.165) is 0 Å². The molecule has 7 N–H and O–H groups in total. The average molecular weight is 682 g/mol. The van der Waals surface area contributed by atoms with Crippen molar-refractivity contribution in [1.29, 1.82) is 0 Å². The number of allylic oxidation sites excluding steroid dienone is 3. The van der Waals surface area contributed by atoms with Crippen LogP contribution in [0.5, 0.6) is 28.7 Å². The fraction of sp³-hybridized carbons (Fsp3) is 0.0667. The summed E-state index contributed by atoms with van der Waals surface area (Å²) >= 11 is 8.07. The fourth-order valence-corrected chi connectivity index (χ4v) is 3.64. The molecule has 0 fully saturated rings. The van der Waals surface area contributed by atoms with Gasteiger partial charge in [-0.2, -0.15) is 0 Å². The number of phenolic OH excluding ortho intramolecular Hbond substituents is 3. The van der Waals surface area contributed by atoms with Gasteiger partial charge >= 0.3 is 17.1 Å². The molecule has 0 bridgehead atoms. The number of amidine groups is 2. The molecule has 11 nitrogen and oxygen atoms in total. The molecule has 3 aromatic rings. The molecule has 231 valence electrons. The monoisotopic (exact) mass is 681 g/mol. The minimum Gasteiger partial charge on any atom is -0.507 e. The van der Waals surface area contributed by atoms with Crippen molar-refractivity contribution in [2.75, 3.05) is 14.2 Å². The number of aromatic hydroxyl groups is 3. The second kappa shape index (κ2) is 17.5. The number of benzene rings is 3. The Morgan fingerprint density at radius 1 is 0.682 bits per heavy atom. The van der Waals surface area contributed by atoms with Gasteiger partial charge in [0.1, 0.15) is 5.75 Å². The van der Waals surface area contributed by atoms with Crippen LogP contribution in [0.1, 0.15) is 16.7 Å². The van der Waals surface area contributed by atoms with Crippen LogP contribution >= 0.6 is 25.3 Å². The van der Waals surface area contributed by atoms with E-state index in [1.807, 2.05) is 0 Å². The van der Waals surface area contributed by atoms with Crippen molar-refractivity contribution < 1.29 is 41.9 Å². The zero-order valence-electron chi connectivity index (χ0n) is 23.5. The van der Waals surface area contributed by atoms with Crippen LogP contribution in [-0.2, 0) is 17.1 Å². The van der Waals surface area contributed by atoms with Gasteiger partial charge in [0.2, 0.25) is 0 Å². The zero-order chi connectivity index (χ0) is 31.4. The van der Waals surface area contributed by atoms with E-state index in [1.54, 1.807) is 72.8 Å². The number of rotatable bonds is 11. The molecule has 0 saturated heterocycles. The molecule has 14 heteroatoms. The largest absolute Gasteiger partial charge is 2.00 e. The maximum atomic E-state index is 10.6. The Hall–Kier alpha value is -4.62. The molecule has 0 aromatic heterocycles. The number of nitrogens with zero attached hydrogens (tertiary/aromatic N) is 4. The van der Waals surface area contributed by atoms with E-state index in [2.05, 4.69) is 45.7 Å². The molecule has 1 radical (unpaired) electrons. The van der Waals surface area contributed by atoms with Crippen LogP contribution < -0.4 is 20.9 Å². The Kier molecular flexibility index (Phi) is 14.1. The van der Waals surface area contributed by atoms with E-state index in [-0.39, 0.29) is 67.6 Å². The minimum absolute atomic E-state index is 0. The van der Waals surface area contributed by atoms with Gasteiger partial charge in [0.05, 0.1) is 25.6 Å². The third-order valence-corrected chi connectivity index (χ3v) is 5.76. The second-order valence-corrected chi connectivity index (χ2v) is 9.45. The summed E-state index contributed by atoms with van der Waals surface area (Å²) in [6.07, 6.45) is 8.28. The number of para-hydroxylation sites is 1. The first kappa shape index (κ1) is 35.6. The molecule has 0 aliphatic rings. The predicted octanol–water partition coefficient (Wildman–Crippen LogP) is 4.83. The Bertz CT molecular complexity index is 1580. The maximum Gasteiger partial charge on any atom is 2.00 e. The number of phenols is 3. The first-order valence-electron chi connectivity index (χ1n) is 12.4. The van der Waals surface area contributed by atoms with E-state index in [9.17, 15) is 15.3 Å². The molecule has 0 aliphatic carbocycles. The molecule has 0 atom stereocenters. The van der Waals surface area contributed by atoms with E-state index in [0.29, 0.717) is 22.3 Å². The van der Waals surface area contributed by atoms with Gasteiger partial charge in [-0.3, -0.25) is 0 Å². The Morgan fingerprint density at radius 2 is 1.14 bits per heavy atom. The number of nitrogens with two attached hydrogens (primary N) is 2. The Labute approximate surface area is 276 Å². The summed E-state index contributed by atoms with van der Waals surface area (Å²) in [7, 11) is 2.89. The Morgan fingerprint density at radius 3 is 1.55 bits per heavy atom. The van der Waals surface area contributed by atoms with Crippen molar-refractivity contribution in [3.63, 3.8) is 0 Å². The van der Waals surface area contributed by atoms with Crippen LogP contribution in [0, 0.1) is 0 Å². The standard InChI is InChI=1S/C30H30N6O5S2.Cu/c1-40-27-15-18(9-13-25(27)38)7-11-22(33-35-29(31)42)21(17-20-5-3-4-6-24(20)37)23(34-36-30(32)43)12-8-19-10-14-26(39)28(16-19)41-2;/h3-17,37-39H,1-2H3,(H3,31,35,42)(H3,32,36,43);/q;+2/b11-7+,12-8+,33-22+,34-23+;. The summed E-state index contributed by atoms with van der Waals surface area (Å²) in [5, 5.41) is 46.8. The van der Waals surface area contributed by atoms with Gasteiger partial charge in [0.15, 0.2) is 33.3 Å². The van der Waals surface area contributed by atoms with Crippen molar-refractivity contribution in [2.24, 2.45) is 31.9 Å². The normalized spacial score (nSPS) is 12.7. The van der Waals surface area contributed by atoms with Crippen LogP contribution in [0.4, 0.5) is 0 Å². The fourth-order valence-electron chi connectivity index (χ4n) is 3.55. The topological polar surface area (TPSA) is 181 Å². The van der Waals surface area contributed by atoms with Gasteiger partial charge in [-0.05, 0) is 59.7 Å². The third kappa shape index (κ3) is 10.6. The first-order valence-corrected chi connectivity index (χ1v) is 13.3. The molecule has 44 heavy (non-hydrogen) atoms. The van der Waals surface area contributed by atoms with E-state index in [1.165, 1.54) is 32.4 Å². The predicted molar refractivity (Wildman–Crippen MR) is 180 cm³/mol. The summed E-state index contributed by atoms with van der Waals surface area (Å²) < 4.78 is 10.4. The molecule has 0 saturated carbocycles. The van der Waals surface area contributed by atoms with Gasteiger partial charge in [-0.25, -0.2) is 0 Å². The summed E-state index contributed by atoms with van der Waals surface area (Å²) in [5.74, 6) is 0.503. The molecule has 0 amide bonds. The molecule has 0 unspecified atom stereocenters.